The number of hydrogen-bond donors (Lipinski definition) is 0. The maximum atomic E-state index is 12.8. The minimum atomic E-state index is -3.06. The molecule has 3 heterocycles. The molecule has 0 N–H and O–H groups in total. The van der Waals surface area contributed by atoms with E-state index in [9.17, 15) is 13.2 Å². The van der Waals surface area contributed by atoms with Crippen LogP contribution in [0, 0.1) is 0 Å². The number of nitrogens with zero attached hydrogens (tertiary/aromatic N) is 4. The number of amides is 1. The molecule has 0 saturated carbocycles. The van der Waals surface area contributed by atoms with Gasteiger partial charge in [-0.05, 0) is 36.8 Å². The van der Waals surface area contributed by atoms with Crippen molar-refractivity contribution in [1.29, 1.82) is 0 Å². The van der Waals surface area contributed by atoms with Gasteiger partial charge in [0.25, 0.3) is 0 Å². The molecular weight excluding hydrogens is 464 g/mol. The zero-order chi connectivity index (χ0) is 23.0. The van der Waals surface area contributed by atoms with E-state index in [1.807, 2.05) is 53.1 Å². The van der Waals surface area contributed by atoms with Crippen molar-refractivity contribution < 1.29 is 22.7 Å². The summed E-state index contributed by atoms with van der Waals surface area (Å²) in [6.07, 6.45) is 0.476. The van der Waals surface area contributed by atoms with E-state index in [4.69, 9.17) is 9.47 Å². The Hall–Kier alpha value is -3.05. The predicted octanol–water partition coefficient (Wildman–Crippen LogP) is 2.40. The lowest BCUT2D eigenvalue weighted by Crippen LogP contribution is -2.38. The van der Waals surface area contributed by atoms with Gasteiger partial charge < -0.3 is 14.4 Å². The van der Waals surface area contributed by atoms with Crippen LogP contribution in [0.5, 0.6) is 11.5 Å². The van der Waals surface area contributed by atoms with Gasteiger partial charge in [-0.2, -0.15) is 0 Å². The monoisotopic (exact) mass is 486 g/mol. The Morgan fingerprint density at radius 3 is 2.70 bits per heavy atom. The minimum Gasteiger partial charge on any atom is -0.454 e. The fourth-order valence-corrected chi connectivity index (χ4v) is 6.56. The van der Waals surface area contributed by atoms with E-state index < -0.39 is 9.84 Å². The molecule has 1 amide bonds. The molecule has 2 aromatic carbocycles. The summed E-state index contributed by atoms with van der Waals surface area (Å²) in [5, 5.41) is 9.32. The van der Waals surface area contributed by atoms with Gasteiger partial charge in [-0.3, -0.25) is 9.36 Å². The molecule has 1 atom stereocenters. The molecule has 9 nitrogen and oxygen atoms in total. The number of benzene rings is 2. The molecule has 33 heavy (non-hydrogen) atoms. The fraction of sp³-hybridized carbons (Fsp3) is 0.318. The molecule has 172 valence electrons. The van der Waals surface area contributed by atoms with Gasteiger partial charge in [0.05, 0.1) is 17.3 Å². The zero-order valence-electron chi connectivity index (χ0n) is 17.9. The Balaban J connectivity index is 1.40. The molecule has 0 aliphatic carbocycles. The van der Waals surface area contributed by atoms with E-state index in [-0.39, 0.29) is 36.0 Å². The number of carbonyl (C=O) groups excluding carboxylic acids is 1. The van der Waals surface area contributed by atoms with E-state index in [0.717, 1.165) is 11.3 Å². The second-order valence-electron chi connectivity index (χ2n) is 7.90. The number of hydrogen-bond acceptors (Lipinski definition) is 8. The summed E-state index contributed by atoms with van der Waals surface area (Å²) < 4.78 is 36.4. The van der Waals surface area contributed by atoms with E-state index in [2.05, 4.69) is 10.2 Å². The van der Waals surface area contributed by atoms with Crippen LogP contribution in [-0.4, -0.2) is 71.1 Å². The highest BCUT2D eigenvalue weighted by molar-refractivity contribution is 7.99. The molecule has 0 unspecified atom stereocenters. The van der Waals surface area contributed by atoms with Crippen molar-refractivity contribution in [3.8, 4) is 28.6 Å². The Bertz CT molecular complexity index is 1290. The lowest BCUT2D eigenvalue weighted by molar-refractivity contribution is -0.128. The summed E-state index contributed by atoms with van der Waals surface area (Å²) in [4.78, 5) is 14.3. The summed E-state index contributed by atoms with van der Waals surface area (Å²) in [6.45, 7) is 0.184. The number of aromatic nitrogens is 3. The van der Waals surface area contributed by atoms with Crippen LogP contribution in [0.4, 0.5) is 0 Å². The number of para-hydroxylation sites is 1. The van der Waals surface area contributed by atoms with Gasteiger partial charge in [0, 0.05) is 24.3 Å². The van der Waals surface area contributed by atoms with Gasteiger partial charge in [0.2, 0.25) is 12.7 Å². The van der Waals surface area contributed by atoms with Gasteiger partial charge in [0.15, 0.2) is 32.3 Å². The second-order valence-corrected chi connectivity index (χ2v) is 11.1. The van der Waals surface area contributed by atoms with Gasteiger partial charge in [-0.15, -0.1) is 10.2 Å². The maximum Gasteiger partial charge on any atom is 0.233 e. The molecule has 2 aliphatic rings. The molecule has 2 aliphatic heterocycles. The first-order valence-electron chi connectivity index (χ1n) is 10.4. The van der Waals surface area contributed by atoms with Gasteiger partial charge >= 0.3 is 0 Å². The molecule has 1 saturated heterocycles. The molecule has 0 spiro atoms. The summed E-state index contributed by atoms with van der Waals surface area (Å²) in [5.41, 5.74) is 1.67. The van der Waals surface area contributed by atoms with E-state index in [1.165, 1.54) is 11.8 Å². The normalized spacial score (nSPS) is 18.4. The Morgan fingerprint density at radius 1 is 1.15 bits per heavy atom. The number of thioether (sulfide) groups is 1. The molecule has 1 fully saturated rings. The highest BCUT2D eigenvalue weighted by atomic mass is 32.2. The van der Waals surface area contributed by atoms with Gasteiger partial charge in [-0.25, -0.2) is 8.42 Å². The quantitative estimate of drug-likeness (QED) is 0.490. The molecule has 3 aromatic rings. The fourth-order valence-electron chi connectivity index (χ4n) is 3.91. The first kappa shape index (κ1) is 21.8. The average Bonchev–Trinajstić information content (AvgIpc) is 3.54. The summed E-state index contributed by atoms with van der Waals surface area (Å²) in [6, 6.07) is 15.0. The largest absolute Gasteiger partial charge is 0.454 e. The number of ether oxygens (including phenoxy) is 2. The molecule has 5 rings (SSSR count). The van der Waals surface area contributed by atoms with Crippen LogP contribution < -0.4 is 9.47 Å². The SMILES string of the molecule is CN(C(=O)CSc1nnc(-c2ccc3c(c2)OCO3)n1-c1ccccc1)[C@@H]1CCS(=O)(=O)C1. The summed E-state index contributed by atoms with van der Waals surface area (Å²) >= 11 is 1.27. The number of fused-ring (bicyclic) bond motifs is 1. The van der Waals surface area contributed by atoms with Crippen LogP contribution in [-0.2, 0) is 14.6 Å². The van der Waals surface area contributed by atoms with Crippen molar-refractivity contribution in [2.24, 2.45) is 0 Å². The third kappa shape index (κ3) is 4.42. The average molecular weight is 487 g/mol. The first-order valence-corrected chi connectivity index (χ1v) is 13.2. The third-order valence-electron chi connectivity index (χ3n) is 5.75. The predicted molar refractivity (Wildman–Crippen MR) is 123 cm³/mol. The van der Waals surface area contributed by atoms with Crippen LogP contribution in [0.2, 0.25) is 0 Å². The van der Waals surface area contributed by atoms with E-state index in [0.29, 0.717) is 28.9 Å². The third-order valence-corrected chi connectivity index (χ3v) is 8.42. The van der Waals surface area contributed by atoms with Crippen molar-refractivity contribution in [3.63, 3.8) is 0 Å². The lowest BCUT2D eigenvalue weighted by atomic mass is 10.2. The Morgan fingerprint density at radius 2 is 1.94 bits per heavy atom. The van der Waals surface area contributed by atoms with Crippen molar-refractivity contribution in [2.45, 2.75) is 17.6 Å². The number of sulfone groups is 1. The highest BCUT2D eigenvalue weighted by Gasteiger charge is 2.33. The molecule has 1 aromatic heterocycles. The first-order chi connectivity index (χ1) is 15.9. The molecule has 11 heteroatoms. The van der Waals surface area contributed by atoms with Crippen LogP contribution in [0.15, 0.2) is 53.7 Å². The number of rotatable bonds is 6. The van der Waals surface area contributed by atoms with Crippen LogP contribution in [0.1, 0.15) is 6.42 Å². The molecule has 0 radical (unpaired) electrons. The molecule has 0 bridgehead atoms. The van der Waals surface area contributed by atoms with Crippen LogP contribution in [0.3, 0.4) is 0 Å². The van der Waals surface area contributed by atoms with Gasteiger partial charge in [-0.1, -0.05) is 30.0 Å². The topological polar surface area (TPSA) is 104 Å². The molecular formula is C22H22N4O5S2. The zero-order valence-corrected chi connectivity index (χ0v) is 19.5. The summed E-state index contributed by atoms with van der Waals surface area (Å²) in [5.74, 6) is 2.07. The lowest BCUT2D eigenvalue weighted by Gasteiger charge is -2.23. The van der Waals surface area contributed by atoms with E-state index in [1.54, 1.807) is 11.9 Å². The van der Waals surface area contributed by atoms with Crippen molar-refractivity contribution in [3.05, 3.63) is 48.5 Å². The van der Waals surface area contributed by atoms with Crippen molar-refractivity contribution in [2.75, 3.05) is 31.1 Å². The van der Waals surface area contributed by atoms with Crippen molar-refractivity contribution in [1.82, 2.24) is 19.7 Å². The van der Waals surface area contributed by atoms with E-state index >= 15 is 0 Å². The maximum absolute atomic E-state index is 12.8. The second kappa shape index (κ2) is 8.71. The van der Waals surface area contributed by atoms with Crippen LogP contribution >= 0.6 is 11.8 Å². The van der Waals surface area contributed by atoms with Crippen molar-refractivity contribution >= 4 is 27.5 Å². The minimum absolute atomic E-state index is 0.0222. The number of carbonyl (C=O) groups is 1. The van der Waals surface area contributed by atoms with Crippen LogP contribution in [0.25, 0.3) is 17.1 Å². The standard InChI is InChI=1S/C22H22N4O5S2/c1-25(17-9-10-33(28,29)13-17)20(27)12-32-22-24-23-21(26(22)16-5-3-2-4-6-16)15-7-8-18-19(11-15)31-14-30-18/h2-8,11,17H,9-10,12-14H2,1H3/t17-/m1/s1. The Kier molecular flexibility index (Phi) is 5.75. The highest BCUT2D eigenvalue weighted by Crippen LogP contribution is 2.37. The summed E-state index contributed by atoms with van der Waals surface area (Å²) in [7, 11) is -1.40. The smallest absolute Gasteiger partial charge is 0.233 e. The Labute approximate surface area is 195 Å². The van der Waals surface area contributed by atoms with Gasteiger partial charge in [0.1, 0.15) is 0 Å².